The van der Waals surface area contributed by atoms with Gasteiger partial charge in [-0.3, -0.25) is 0 Å². The smallest absolute Gasteiger partial charge is 0.0992 e. The third kappa shape index (κ3) is 8.29. The standard InChI is InChI=1S/C66H47N3/c1-42-9-17-48(18-10-42)54-32-55(49-19-11-43(2)12-20-49)35-58(34-54)52-25-27-65-62(38-52)63-39-53(59-36-56(50-21-13-44(3)14-22-50)33-57(37-59)51-23-15-45(4)16-24-51)26-28-66(63)69(65)64-8-6-5-7-61(64)60-30-46(40-67)29-47(31-60)41-68/h5-39H,1-4H3. The van der Waals surface area contributed by atoms with Crippen molar-refractivity contribution < 1.29 is 0 Å². The normalized spacial score (nSPS) is 11.2. The molecule has 11 aromatic rings. The summed E-state index contributed by atoms with van der Waals surface area (Å²) in [4.78, 5) is 0. The first-order valence-corrected chi connectivity index (χ1v) is 23.4. The van der Waals surface area contributed by atoms with Gasteiger partial charge in [0.1, 0.15) is 0 Å². The summed E-state index contributed by atoms with van der Waals surface area (Å²) in [6.45, 7) is 8.52. The molecule has 0 atom stereocenters. The van der Waals surface area contributed by atoms with Crippen molar-refractivity contribution >= 4 is 21.8 Å². The molecule has 10 aromatic carbocycles. The summed E-state index contributed by atoms with van der Waals surface area (Å²) in [5.74, 6) is 0. The topological polar surface area (TPSA) is 52.5 Å². The Labute approximate surface area is 404 Å². The lowest BCUT2D eigenvalue weighted by molar-refractivity contribution is 1.18. The summed E-state index contributed by atoms with van der Waals surface area (Å²) >= 11 is 0. The van der Waals surface area contributed by atoms with Gasteiger partial charge >= 0.3 is 0 Å². The molecule has 0 aliphatic carbocycles. The number of aryl methyl sites for hydroxylation is 4. The Morgan fingerprint density at radius 2 is 0.609 bits per heavy atom. The van der Waals surface area contributed by atoms with Crippen LogP contribution in [0.4, 0.5) is 0 Å². The average Bonchev–Trinajstić information content (AvgIpc) is 3.72. The number of nitriles is 2. The van der Waals surface area contributed by atoms with E-state index >= 15 is 0 Å². The zero-order chi connectivity index (χ0) is 47.2. The Bertz CT molecular complexity index is 3500. The first-order valence-electron chi connectivity index (χ1n) is 23.4. The van der Waals surface area contributed by atoms with E-state index in [0.717, 1.165) is 83.1 Å². The van der Waals surface area contributed by atoms with Gasteiger partial charge in [-0.05, 0) is 185 Å². The molecule has 0 unspecified atom stereocenters. The van der Waals surface area contributed by atoms with Crippen molar-refractivity contribution in [3.05, 3.63) is 246 Å². The number of nitrogens with zero attached hydrogens (tertiary/aromatic N) is 3. The number of para-hydroxylation sites is 1. The quantitative estimate of drug-likeness (QED) is 0.153. The van der Waals surface area contributed by atoms with Crippen LogP contribution >= 0.6 is 0 Å². The average molecular weight is 882 g/mol. The van der Waals surface area contributed by atoms with Crippen LogP contribution in [-0.4, -0.2) is 4.57 Å². The highest BCUT2D eigenvalue weighted by molar-refractivity contribution is 6.12. The summed E-state index contributed by atoms with van der Waals surface area (Å²) in [5.41, 5.74) is 24.5. The fourth-order valence-electron chi connectivity index (χ4n) is 9.71. The van der Waals surface area contributed by atoms with Crippen LogP contribution in [0.5, 0.6) is 0 Å². The Morgan fingerprint density at radius 3 is 0.957 bits per heavy atom. The van der Waals surface area contributed by atoms with Crippen LogP contribution in [0.1, 0.15) is 33.4 Å². The van der Waals surface area contributed by atoms with Crippen LogP contribution in [-0.2, 0) is 0 Å². The van der Waals surface area contributed by atoms with Gasteiger partial charge in [-0.2, -0.15) is 10.5 Å². The van der Waals surface area contributed by atoms with Crippen LogP contribution < -0.4 is 0 Å². The van der Waals surface area contributed by atoms with Gasteiger partial charge < -0.3 is 4.57 Å². The number of fused-ring (bicyclic) bond motifs is 3. The summed E-state index contributed by atoms with van der Waals surface area (Å²) in [5, 5.41) is 22.3. The zero-order valence-corrected chi connectivity index (χ0v) is 39.0. The van der Waals surface area contributed by atoms with E-state index in [9.17, 15) is 10.5 Å². The molecule has 1 aromatic heterocycles. The van der Waals surface area contributed by atoms with Gasteiger partial charge in [0.05, 0.1) is 40.0 Å². The van der Waals surface area contributed by atoms with Crippen molar-refractivity contribution in [2.75, 3.05) is 0 Å². The number of hydrogen-bond acceptors (Lipinski definition) is 2. The molecule has 0 aliphatic heterocycles. The molecular formula is C66H47N3. The summed E-state index contributed by atoms with van der Waals surface area (Å²) in [6, 6.07) is 81.1. The van der Waals surface area contributed by atoms with E-state index in [1.807, 2.05) is 18.2 Å². The maximum absolute atomic E-state index is 10.0. The van der Waals surface area contributed by atoms with Crippen molar-refractivity contribution in [1.29, 1.82) is 10.5 Å². The van der Waals surface area contributed by atoms with Gasteiger partial charge in [0.25, 0.3) is 0 Å². The number of hydrogen-bond donors (Lipinski definition) is 0. The molecule has 3 heteroatoms. The second-order valence-electron chi connectivity index (χ2n) is 18.4. The zero-order valence-electron chi connectivity index (χ0n) is 39.0. The van der Waals surface area contributed by atoms with Gasteiger partial charge in [0.15, 0.2) is 0 Å². The van der Waals surface area contributed by atoms with Crippen molar-refractivity contribution in [3.63, 3.8) is 0 Å². The van der Waals surface area contributed by atoms with E-state index in [-0.39, 0.29) is 0 Å². The van der Waals surface area contributed by atoms with Crippen molar-refractivity contribution in [2.24, 2.45) is 0 Å². The molecule has 326 valence electrons. The van der Waals surface area contributed by atoms with Crippen LogP contribution in [0.25, 0.3) is 105 Å². The molecule has 0 bridgehead atoms. The monoisotopic (exact) mass is 881 g/mol. The highest BCUT2D eigenvalue weighted by Crippen LogP contribution is 2.42. The van der Waals surface area contributed by atoms with E-state index in [0.29, 0.717) is 11.1 Å². The van der Waals surface area contributed by atoms with Crippen molar-refractivity contribution in [3.8, 4) is 95.7 Å². The van der Waals surface area contributed by atoms with Gasteiger partial charge in [0.2, 0.25) is 0 Å². The Kier molecular flexibility index (Phi) is 10.9. The number of benzene rings is 10. The van der Waals surface area contributed by atoms with Crippen molar-refractivity contribution in [2.45, 2.75) is 27.7 Å². The second kappa shape index (κ2) is 17.7. The SMILES string of the molecule is Cc1ccc(-c2cc(-c3ccc(C)cc3)cc(-c3ccc4c(c3)c3cc(-c5cc(-c6ccc(C)cc6)cc(-c6ccc(C)cc6)c5)ccc3n4-c3ccccc3-c3cc(C#N)cc(C#N)c3)c2)cc1. The molecule has 0 fully saturated rings. The molecule has 11 rings (SSSR count). The minimum Gasteiger partial charge on any atom is -0.309 e. The Hall–Kier alpha value is -9.02. The number of rotatable bonds is 8. The summed E-state index contributed by atoms with van der Waals surface area (Å²) in [7, 11) is 0. The lowest BCUT2D eigenvalue weighted by Crippen LogP contribution is -1.98. The van der Waals surface area contributed by atoms with E-state index in [1.54, 1.807) is 6.07 Å². The maximum atomic E-state index is 10.0. The first kappa shape index (κ1) is 42.6. The highest BCUT2D eigenvalue weighted by atomic mass is 15.0. The van der Waals surface area contributed by atoms with Crippen LogP contribution in [0.15, 0.2) is 212 Å². The molecule has 0 aliphatic rings. The molecule has 0 amide bonds. The van der Waals surface area contributed by atoms with E-state index in [1.165, 1.54) is 44.5 Å². The Balaban J connectivity index is 1.16. The van der Waals surface area contributed by atoms with Crippen LogP contribution in [0, 0.1) is 50.4 Å². The van der Waals surface area contributed by atoms with Gasteiger partial charge in [-0.15, -0.1) is 0 Å². The van der Waals surface area contributed by atoms with Crippen LogP contribution in [0.3, 0.4) is 0 Å². The number of aromatic nitrogens is 1. The molecule has 0 saturated heterocycles. The van der Waals surface area contributed by atoms with Crippen molar-refractivity contribution in [1.82, 2.24) is 4.57 Å². The second-order valence-corrected chi connectivity index (χ2v) is 18.4. The molecule has 0 saturated carbocycles. The highest BCUT2D eigenvalue weighted by Gasteiger charge is 2.19. The third-order valence-corrected chi connectivity index (χ3v) is 13.5. The molecule has 69 heavy (non-hydrogen) atoms. The molecule has 1 heterocycles. The maximum Gasteiger partial charge on any atom is 0.0992 e. The molecule has 0 radical (unpaired) electrons. The first-order chi connectivity index (χ1) is 33.7. The largest absolute Gasteiger partial charge is 0.309 e. The minimum atomic E-state index is 0.450. The summed E-state index contributed by atoms with van der Waals surface area (Å²) in [6.07, 6.45) is 0. The third-order valence-electron chi connectivity index (χ3n) is 13.5. The molecule has 3 nitrogen and oxygen atoms in total. The predicted octanol–water partition coefficient (Wildman–Crippen LogP) is 17.4. The van der Waals surface area contributed by atoms with Crippen LogP contribution in [0.2, 0.25) is 0 Å². The van der Waals surface area contributed by atoms with Gasteiger partial charge in [0, 0.05) is 16.3 Å². The van der Waals surface area contributed by atoms with Gasteiger partial charge in [-0.1, -0.05) is 150 Å². The fourth-order valence-corrected chi connectivity index (χ4v) is 9.71. The minimum absolute atomic E-state index is 0.450. The fraction of sp³-hybridized carbons (Fsp3) is 0.0606. The predicted molar refractivity (Wildman–Crippen MR) is 287 cm³/mol. The molecule has 0 N–H and O–H groups in total. The molecule has 0 spiro atoms. The lowest BCUT2D eigenvalue weighted by Gasteiger charge is -2.15. The van der Waals surface area contributed by atoms with E-state index in [2.05, 4.69) is 232 Å². The van der Waals surface area contributed by atoms with E-state index < -0.39 is 0 Å². The van der Waals surface area contributed by atoms with Gasteiger partial charge in [-0.25, -0.2) is 0 Å². The Morgan fingerprint density at radius 1 is 0.290 bits per heavy atom. The summed E-state index contributed by atoms with van der Waals surface area (Å²) < 4.78 is 2.35. The van der Waals surface area contributed by atoms with E-state index in [4.69, 9.17) is 0 Å². The molecular weight excluding hydrogens is 835 g/mol. The lowest BCUT2D eigenvalue weighted by atomic mass is 9.91.